The number of carbonyl (C=O) groups is 1. The van der Waals surface area contributed by atoms with Gasteiger partial charge in [0, 0.05) is 0 Å². The van der Waals surface area contributed by atoms with Gasteiger partial charge in [0.15, 0.2) is 0 Å². The van der Waals surface area contributed by atoms with Crippen LogP contribution in [0.4, 0.5) is 0 Å². The second kappa shape index (κ2) is 7.10. The van der Waals surface area contributed by atoms with Crippen LogP contribution in [0, 0.1) is 0 Å². The molecule has 0 fully saturated rings. The number of esters is 1. The van der Waals surface area contributed by atoms with E-state index >= 15 is 0 Å². The zero-order valence-electron chi connectivity index (χ0n) is 10.2. The van der Waals surface area contributed by atoms with E-state index in [-0.39, 0.29) is 12.4 Å². The summed E-state index contributed by atoms with van der Waals surface area (Å²) in [7, 11) is 0. The lowest BCUT2D eigenvalue weighted by atomic mass is 10.0. The molecule has 0 aromatic heterocycles. The third-order valence-corrected chi connectivity index (χ3v) is 2.53. The summed E-state index contributed by atoms with van der Waals surface area (Å²) in [6.45, 7) is 1.58. The number of aliphatic hydroxyl groups is 3. The summed E-state index contributed by atoms with van der Waals surface area (Å²) in [5, 5.41) is 27.7. The van der Waals surface area contributed by atoms with Crippen LogP contribution in [0.3, 0.4) is 0 Å². The second-order valence-corrected chi connectivity index (χ2v) is 3.92. The Kier molecular flexibility index (Phi) is 5.77. The fourth-order valence-corrected chi connectivity index (χ4v) is 1.53. The smallest absolute Gasteiger partial charge is 0.310 e. The Hall–Kier alpha value is -1.43. The average molecular weight is 254 g/mol. The van der Waals surface area contributed by atoms with Gasteiger partial charge in [0.05, 0.1) is 19.6 Å². The van der Waals surface area contributed by atoms with Gasteiger partial charge in [0.2, 0.25) is 0 Å². The molecule has 2 atom stereocenters. The molecule has 0 spiro atoms. The molecule has 0 amide bonds. The van der Waals surface area contributed by atoms with Gasteiger partial charge in [-0.1, -0.05) is 24.3 Å². The number of hydrogen-bond donors (Lipinski definition) is 3. The normalized spacial score (nSPS) is 14.0. The zero-order chi connectivity index (χ0) is 13.5. The molecule has 3 N–H and O–H groups in total. The number of hydrogen-bond acceptors (Lipinski definition) is 5. The maximum absolute atomic E-state index is 11.2. The van der Waals surface area contributed by atoms with Gasteiger partial charge in [-0.15, -0.1) is 0 Å². The fourth-order valence-electron chi connectivity index (χ4n) is 1.53. The van der Waals surface area contributed by atoms with Crippen molar-refractivity contribution in [3.63, 3.8) is 0 Å². The minimum atomic E-state index is -1.21. The van der Waals surface area contributed by atoms with Gasteiger partial charge in [-0.05, 0) is 18.1 Å². The van der Waals surface area contributed by atoms with Crippen LogP contribution in [0.1, 0.15) is 24.2 Å². The maximum Gasteiger partial charge on any atom is 0.310 e. The van der Waals surface area contributed by atoms with Crippen molar-refractivity contribution in [2.45, 2.75) is 25.6 Å². The summed E-state index contributed by atoms with van der Waals surface area (Å²) < 4.78 is 4.82. The Morgan fingerprint density at radius 1 is 1.28 bits per heavy atom. The van der Waals surface area contributed by atoms with Crippen molar-refractivity contribution >= 4 is 5.97 Å². The molecule has 0 saturated heterocycles. The van der Waals surface area contributed by atoms with Gasteiger partial charge in [-0.25, -0.2) is 0 Å². The largest absolute Gasteiger partial charge is 0.466 e. The maximum atomic E-state index is 11.2. The molecule has 0 radical (unpaired) electrons. The van der Waals surface area contributed by atoms with Crippen molar-refractivity contribution in [3.05, 3.63) is 35.4 Å². The summed E-state index contributed by atoms with van der Waals surface area (Å²) in [6.07, 6.45) is -2.17. The standard InChI is InChI=1S/C13H18O5/c1-2-18-12(16)7-9-3-5-10(6-4-9)13(17)11(15)8-14/h3-6,11,13-15,17H,2,7-8H2,1H3. The van der Waals surface area contributed by atoms with E-state index in [1.807, 2.05) is 0 Å². The van der Waals surface area contributed by atoms with Crippen LogP contribution in [0.2, 0.25) is 0 Å². The van der Waals surface area contributed by atoms with Crippen LogP contribution in [0.15, 0.2) is 24.3 Å². The summed E-state index contributed by atoms with van der Waals surface area (Å²) >= 11 is 0. The first kappa shape index (κ1) is 14.6. The fraction of sp³-hybridized carbons (Fsp3) is 0.462. The van der Waals surface area contributed by atoms with Gasteiger partial charge >= 0.3 is 5.97 Å². The van der Waals surface area contributed by atoms with Crippen LogP contribution in [0.25, 0.3) is 0 Å². The number of carbonyl (C=O) groups excluding carboxylic acids is 1. The molecule has 0 aliphatic rings. The minimum absolute atomic E-state index is 0.173. The third-order valence-electron chi connectivity index (χ3n) is 2.53. The highest BCUT2D eigenvalue weighted by atomic mass is 16.5. The van der Waals surface area contributed by atoms with Gasteiger partial charge in [-0.2, -0.15) is 0 Å². The molecule has 2 unspecified atom stereocenters. The highest BCUT2D eigenvalue weighted by Crippen LogP contribution is 2.17. The predicted octanol–water partition coefficient (Wildman–Crippen LogP) is 0.179. The lowest BCUT2D eigenvalue weighted by Crippen LogP contribution is -2.22. The Labute approximate surface area is 106 Å². The van der Waals surface area contributed by atoms with Crippen LogP contribution in [-0.4, -0.2) is 40.6 Å². The molecular formula is C13H18O5. The van der Waals surface area contributed by atoms with Crippen molar-refractivity contribution in [2.75, 3.05) is 13.2 Å². The third kappa shape index (κ3) is 4.10. The van der Waals surface area contributed by atoms with Crippen molar-refractivity contribution in [3.8, 4) is 0 Å². The van der Waals surface area contributed by atoms with Gasteiger partial charge < -0.3 is 20.1 Å². The van der Waals surface area contributed by atoms with Crippen molar-refractivity contribution in [1.29, 1.82) is 0 Å². The second-order valence-electron chi connectivity index (χ2n) is 3.92. The lowest BCUT2D eigenvalue weighted by Gasteiger charge is -2.16. The molecule has 100 valence electrons. The molecule has 0 bridgehead atoms. The predicted molar refractivity (Wildman–Crippen MR) is 64.8 cm³/mol. The van der Waals surface area contributed by atoms with Crippen LogP contribution >= 0.6 is 0 Å². The summed E-state index contributed by atoms with van der Waals surface area (Å²) in [5.74, 6) is -0.304. The molecule has 5 heteroatoms. The van der Waals surface area contributed by atoms with Crippen molar-refractivity contribution < 1.29 is 24.9 Å². The molecule has 5 nitrogen and oxygen atoms in total. The Balaban J connectivity index is 2.65. The van der Waals surface area contributed by atoms with Gasteiger partial charge in [0.1, 0.15) is 12.2 Å². The van der Waals surface area contributed by atoms with E-state index in [0.717, 1.165) is 5.56 Å². The van der Waals surface area contributed by atoms with E-state index in [2.05, 4.69) is 0 Å². The van der Waals surface area contributed by atoms with E-state index in [9.17, 15) is 15.0 Å². The van der Waals surface area contributed by atoms with Crippen LogP contribution < -0.4 is 0 Å². The highest BCUT2D eigenvalue weighted by Gasteiger charge is 2.17. The summed E-state index contributed by atoms with van der Waals surface area (Å²) in [4.78, 5) is 11.2. The quantitative estimate of drug-likeness (QED) is 0.630. The molecule has 0 aliphatic heterocycles. The molecule has 0 saturated carbocycles. The lowest BCUT2D eigenvalue weighted by molar-refractivity contribution is -0.142. The van der Waals surface area contributed by atoms with Gasteiger partial charge in [-0.3, -0.25) is 4.79 Å². The van der Waals surface area contributed by atoms with E-state index < -0.39 is 18.8 Å². The monoisotopic (exact) mass is 254 g/mol. The highest BCUT2D eigenvalue weighted by molar-refractivity contribution is 5.72. The summed E-state index contributed by atoms with van der Waals surface area (Å²) in [5.41, 5.74) is 1.26. The average Bonchev–Trinajstić information content (AvgIpc) is 2.38. The number of rotatable bonds is 6. The van der Waals surface area contributed by atoms with Crippen molar-refractivity contribution in [1.82, 2.24) is 0 Å². The van der Waals surface area contributed by atoms with E-state index in [0.29, 0.717) is 12.2 Å². The molecule has 18 heavy (non-hydrogen) atoms. The number of benzene rings is 1. The first-order valence-corrected chi connectivity index (χ1v) is 5.80. The van der Waals surface area contributed by atoms with Crippen LogP contribution in [0.5, 0.6) is 0 Å². The zero-order valence-corrected chi connectivity index (χ0v) is 10.2. The number of ether oxygens (including phenoxy) is 1. The topological polar surface area (TPSA) is 87.0 Å². The molecular weight excluding hydrogens is 236 g/mol. The van der Waals surface area contributed by atoms with E-state index in [1.54, 1.807) is 31.2 Å². The first-order chi connectivity index (χ1) is 8.58. The van der Waals surface area contributed by atoms with Crippen molar-refractivity contribution in [2.24, 2.45) is 0 Å². The van der Waals surface area contributed by atoms with Gasteiger partial charge in [0.25, 0.3) is 0 Å². The van der Waals surface area contributed by atoms with E-state index in [1.165, 1.54) is 0 Å². The Morgan fingerprint density at radius 3 is 2.39 bits per heavy atom. The molecule has 1 aromatic rings. The molecule has 1 aromatic carbocycles. The molecule has 1 rings (SSSR count). The SMILES string of the molecule is CCOC(=O)Cc1ccc(C(O)C(O)CO)cc1. The first-order valence-electron chi connectivity index (χ1n) is 5.80. The Morgan fingerprint density at radius 2 is 1.89 bits per heavy atom. The number of aliphatic hydroxyl groups excluding tert-OH is 3. The minimum Gasteiger partial charge on any atom is -0.466 e. The molecule has 0 heterocycles. The van der Waals surface area contributed by atoms with E-state index in [4.69, 9.17) is 9.84 Å². The Bertz CT molecular complexity index is 373. The van der Waals surface area contributed by atoms with Crippen LogP contribution in [-0.2, 0) is 16.0 Å². The summed E-state index contributed by atoms with van der Waals surface area (Å²) in [6, 6.07) is 6.58. The molecule has 0 aliphatic carbocycles.